The van der Waals surface area contributed by atoms with E-state index in [1.807, 2.05) is 32.0 Å². The number of nitrogens with one attached hydrogen (secondary N) is 2. The number of benzene rings is 2. The SMILES string of the molecule is Cc1cc(C)cc(NC(=O)CSc2nnc(CCC(=O)Nc3ccc(F)cc3)n2C)c1. The minimum atomic E-state index is -0.357. The standard InChI is InChI=1S/C22H24FN5O2S/c1-14-10-15(2)12-18(11-14)25-21(30)13-31-22-27-26-19(28(22)3)8-9-20(29)24-17-6-4-16(23)5-7-17/h4-7,10-12H,8-9,13H2,1-3H3,(H,24,29)(H,25,30). The van der Waals surface area contributed by atoms with Crippen LogP contribution in [0.25, 0.3) is 0 Å². The highest BCUT2D eigenvalue weighted by molar-refractivity contribution is 7.99. The summed E-state index contributed by atoms with van der Waals surface area (Å²) in [6.07, 6.45) is 0.604. The monoisotopic (exact) mass is 441 g/mol. The molecule has 0 radical (unpaired) electrons. The molecule has 0 fully saturated rings. The Hall–Kier alpha value is -3.20. The maximum atomic E-state index is 12.9. The van der Waals surface area contributed by atoms with Gasteiger partial charge in [-0.3, -0.25) is 9.59 Å². The Kier molecular flexibility index (Phi) is 7.41. The maximum absolute atomic E-state index is 12.9. The van der Waals surface area contributed by atoms with Gasteiger partial charge in [0.2, 0.25) is 11.8 Å². The molecule has 0 spiro atoms. The molecule has 0 aliphatic heterocycles. The summed E-state index contributed by atoms with van der Waals surface area (Å²) < 4.78 is 14.7. The number of halogens is 1. The lowest BCUT2D eigenvalue weighted by Crippen LogP contribution is -2.15. The molecule has 0 aliphatic carbocycles. The Bertz CT molecular complexity index is 1060. The third-order valence-electron chi connectivity index (χ3n) is 4.47. The largest absolute Gasteiger partial charge is 0.326 e. The van der Waals surface area contributed by atoms with Gasteiger partial charge in [0.15, 0.2) is 5.16 Å². The molecule has 31 heavy (non-hydrogen) atoms. The maximum Gasteiger partial charge on any atom is 0.234 e. The van der Waals surface area contributed by atoms with E-state index in [1.54, 1.807) is 11.6 Å². The molecule has 162 valence electrons. The normalized spacial score (nSPS) is 10.7. The van der Waals surface area contributed by atoms with Gasteiger partial charge >= 0.3 is 0 Å². The third kappa shape index (κ3) is 6.65. The second-order valence-corrected chi connectivity index (χ2v) is 8.17. The highest BCUT2D eigenvalue weighted by Crippen LogP contribution is 2.18. The molecule has 0 saturated carbocycles. The number of aryl methyl sites for hydroxylation is 3. The van der Waals surface area contributed by atoms with Crippen molar-refractivity contribution in [1.29, 1.82) is 0 Å². The predicted molar refractivity (Wildman–Crippen MR) is 120 cm³/mol. The van der Waals surface area contributed by atoms with Crippen LogP contribution in [0.1, 0.15) is 23.4 Å². The molecule has 0 bridgehead atoms. The first-order valence-electron chi connectivity index (χ1n) is 9.75. The van der Waals surface area contributed by atoms with Crippen LogP contribution in [-0.4, -0.2) is 32.3 Å². The number of thioether (sulfide) groups is 1. The van der Waals surface area contributed by atoms with Gasteiger partial charge in [0.25, 0.3) is 0 Å². The fourth-order valence-corrected chi connectivity index (χ4v) is 3.77. The topological polar surface area (TPSA) is 88.9 Å². The van der Waals surface area contributed by atoms with E-state index in [1.165, 1.54) is 36.0 Å². The lowest BCUT2D eigenvalue weighted by Gasteiger charge is -2.08. The van der Waals surface area contributed by atoms with Gasteiger partial charge in [-0.25, -0.2) is 4.39 Å². The number of nitrogens with zero attached hydrogens (tertiary/aromatic N) is 3. The molecule has 3 rings (SSSR count). The number of rotatable bonds is 8. The molecule has 1 heterocycles. The van der Waals surface area contributed by atoms with Crippen LogP contribution in [-0.2, 0) is 23.1 Å². The summed E-state index contributed by atoms with van der Waals surface area (Å²) in [5.41, 5.74) is 3.48. The number of amides is 2. The van der Waals surface area contributed by atoms with Crippen LogP contribution in [0.5, 0.6) is 0 Å². The summed E-state index contributed by atoms with van der Waals surface area (Å²) in [4.78, 5) is 24.4. The van der Waals surface area contributed by atoms with Gasteiger partial charge in [-0.1, -0.05) is 17.8 Å². The van der Waals surface area contributed by atoms with Crippen LogP contribution in [0.15, 0.2) is 47.6 Å². The molecule has 2 amide bonds. The summed E-state index contributed by atoms with van der Waals surface area (Å²) in [6.45, 7) is 3.97. The lowest BCUT2D eigenvalue weighted by atomic mass is 10.1. The van der Waals surface area contributed by atoms with Gasteiger partial charge in [-0.05, 0) is 61.4 Å². The summed E-state index contributed by atoms with van der Waals surface area (Å²) in [7, 11) is 1.80. The highest BCUT2D eigenvalue weighted by atomic mass is 32.2. The van der Waals surface area contributed by atoms with Crippen LogP contribution in [0, 0.1) is 19.7 Å². The molecule has 0 atom stereocenters. The van der Waals surface area contributed by atoms with E-state index < -0.39 is 0 Å². The summed E-state index contributed by atoms with van der Waals surface area (Å²) in [5.74, 6) is 0.162. The molecular weight excluding hydrogens is 417 g/mol. The fraction of sp³-hybridized carbons (Fsp3) is 0.273. The van der Waals surface area contributed by atoms with E-state index >= 15 is 0 Å². The zero-order chi connectivity index (χ0) is 22.4. The zero-order valence-corrected chi connectivity index (χ0v) is 18.4. The van der Waals surface area contributed by atoms with E-state index in [4.69, 9.17) is 0 Å². The van der Waals surface area contributed by atoms with Crippen molar-refractivity contribution < 1.29 is 14.0 Å². The molecule has 2 aromatic carbocycles. The molecule has 0 aliphatic rings. The first-order chi connectivity index (χ1) is 14.8. The van der Waals surface area contributed by atoms with Crippen molar-refractivity contribution in [2.24, 2.45) is 7.05 Å². The first-order valence-corrected chi connectivity index (χ1v) is 10.7. The second kappa shape index (κ2) is 10.2. The molecule has 1 aromatic heterocycles. The van der Waals surface area contributed by atoms with Crippen LogP contribution in [0.2, 0.25) is 0 Å². The zero-order valence-electron chi connectivity index (χ0n) is 17.6. The third-order valence-corrected chi connectivity index (χ3v) is 5.49. The number of hydrogen-bond acceptors (Lipinski definition) is 5. The smallest absolute Gasteiger partial charge is 0.234 e. The van der Waals surface area contributed by atoms with Gasteiger partial charge in [0, 0.05) is 31.3 Å². The van der Waals surface area contributed by atoms with Crippen LogP contribution >= 0.6 is 11.8 Å². The van der Waals surface area contributed by atoms with Gasteiger partial charge < -0.3 is 15.2 Å². The molecule has 0 unspecified atom stereocenters. The van der Waals surface area contributed by atoms with Crippen molar-refractivity contribution in [3.63, 3.8) is 0 Å². The summed E-state index contributed by atoms with van der Waals surface area (Å²) >= 11 is 1.28. The Balaban J connectivity index is 1.48. The quantitative estimate of drug-likeness (QED) is 0.518. The molecule has 2 N–H and O–H groups in total. The first kappa shape index (κ1) is 22.5. The van der Waals surface area contributed by atoms with Crippen LogP contribution in [0.3, 0.4) is 0 Å². The van der Waals surface area contributed by atoms with Gasteiger partial charge in [0.05, 0.1) is 5.75 Å². The Morgan fingerprint density at radius 3 is 2.29 bits per heavy atom. The molecule has 9 heteroatoms. The van der Waals surface area contributed by atoms with E-state index in [-0.39, 0.29) is 29.8 Å². The predicted octanol–water partition coefficient (Wildman–Crippen LogP) is 3.87. The fourth-order valence-electron chi connectivity index (χ4n) is 3.04. The van der Waals surface area contributed by atoms with Gasteiger partial charge in [-0.2, -0.15) is 0 Å². The molecule has 7 nitrogen and oxygen atoms in total. The average Bonchev–Trinajstić information content (AvgIpc) is 3.05. The van der Waals surface area contributed by atoms with Crippen molar-refractivity contribution in [2.45, 2.75) is 31.8 Å². The number of hydrogen-bond donors (Lipinski definition) is 2. The Labute approximate surface area is 184 Å². The van der Waals surface area contributed by atoms with Crippen molar-refractivity contribution in [1.82, 2.24) is 14.8 Å². The van der Waals surface area contributed by atoms with Gasteiger partial charge in [0.1, 0.15) is 11.6 Å². The van der Waals surface area contributed by atoms with Crippen LogP contribution < -0.4 is 10.6 Å². The summed E-state index contributed by atoms with van der Waals surface area (Å²) in [5, 5.41) is 14.4. The van der Waals surface area contributed by atoms with Gasteiger partial charge in [-0.15, -0.1) is 10.2 Å². The molecule has 0 saturated heterocycles. The number of carbonyl (C=O) groups is 2. The molecule has 3 aromatic rings. The number of anilines is 2. The van der Waals surface area contributed by atoms with Crippen LogP contribution in [0.4, 0.5) is 15.8 Å². The summed E-state index contributed by atoms with van der Waals surface area (Å²) in [6, 6.07) is 11.5. The van der Waals surface area contributed by atoms with E-state index in [9.17, 15) is 14.0 Å². The highest BCUT2D eigenvalue weighted by Gasteiger charge is 2.13. The second-order valence-electron chi connectivity index (χ2n) is 7.23. The Morgan fingerprint density at radius 2 is 1.61 bits per heavy atom. The lowest BCUT2D eigenvalue weighted by molar-refractivity contribution is -0.116. The van der Waals surface area contributed by atoms with E-state index in [2.05, 4.69) is 20.8 Å². The number of carbonyl (C=O) groups excluding carboxylic acids is 2. The minimum absolute atomic E-state index is 0.127. The van der Waals surface area contributed by atoms with E-state index in [0.717, 1.165) is 16.8 Å². The van der Waals surface area contributed by atoms with Crippen molar-refractivity contribution in [3.8, 4) is 0 Å². The van der Waals surface area contributed by atoms with Crippen molar-refractivity contribution >= 4 is 35.0 Å². The average molecular weight is 442 g/mol. The Morgan fingerprint density at radius 1 is 0.968 bits per heavy atom. The van der Waals surface area contributed by atoms with E-state index in [0.29, 0.717) is 23.1 Å². The minimum Gasteiger partial charge on any atom is -0.326 e. The van der Waals surface area contributed by atoms with Crippen molar-refractivity contribution in [2.75, 3.05) is 16.4 Å². The molecular formula is C22H24FN5O2S. The number of aromatic nitrogens is 3. The van der Waals surface area contributed by atoms with Crippen molar-refractivity contribution in [3.05, 3.63) is 65.2 Å².